The van der Waals surface area contributed by atoms with Gasteiger partial charge in [-0.3, -0.25) is 15.5 Å². The third kappa shape index (κ3) is 1.69. The predicted molar refractivity (Wildman–Crippen MR) is 67.7 cm³/mol. The summed E-state index contributed by atoms with van der Waals surface area (Å²) in [5.74, 6) is 6.05. The molecule has 1 saturated heterocycles. The van der Waals surface area contributed by atoms with Crippen LogP contribution in [0.2, 0.25) is 0 Å². The van der Waals surface area contributed by atoms with E-state index >= 15 is 0 Å². The third-order valence-electron chi connectivity index (χ3n) is 3.49. The molecule has 6 heteroatoms. The molecular formula is C12H17N5O. The lowest BCUT2D eigenvalue weighted by molar-refractivity contribution is -0.00864. The Kier molecular flexibility index (Phi) is 2.77. The van der Waals surface area contributed by atoms with Gasteiger partial charge >= 0.3 is 0 Å². The lowest BCUT2D eigenvalue weighted by Gasteiger charge is -2.32. The molecule has 6 nitrogen and oxygen atoms in total. The summed E-state index contributed by atoms with van der Waals surface area (Å²) in [6.07, 6.45) is 3.72. The molecule has 0 radical (unpaired) electrons. The minimum absolute atomic E-state index is 0.0461. The maximum absolute atomic E-state index is 6.05. The molecule has 0 aliphatic carbocycles. The number of nitrogens with two attached hydrogens (primary N) is 1. The number of fused-ring (bicyclic) bond motifs is 1. The van der Waals surface area contributed by atoms with Gasteiger partial charge < -0.3 is 4.74 Å². The Morgan fingerprint density at radius 3 is 3.06 bits per heavy atom. The SMILES string of the molecule is Cc1nn(C)c2c(C3COCCN3N)cncc12. The largest absolute Gasteiger partial charge is 0.378 e. The normalized spacial score (nSPS) is 21.6. The Morgan fingerprint density at radius 2 is 2.28 bits per heavy atom. The van der Waals surface area contributed by atoms with E-state index in [2.05, 4.69) is 10.1 Å². The molecule has 1 aliphatic heterocycles. The van der Waals surface area contributed by atoms with Crippen molar-refractivity contribution >= 4 is 10.9 Å². The van der Waals surface area contributed by atoms with Crippen LogP contribution in [0.1, 0.15) is 17.3 Å². The molecule has 0 bridgehead atoms. The number of hydrogen-bond acceptors (Lipinski definition) is 5. The van der Waals surface area contributed by atoms with E-state index in [0.717, 1.165) is 28.7 Å². The van der Waals surface area contributed by atoms with Crippen molar-refractivity contribution in [1.82, 2.24) is 19.8 Å². The van der Waals surface area contributed by atoms with Gasteiger partial charge in [-0.2, -0.15) is 5.10 Å². The highest BCUT2D eigenvalue weighted by molar-refractivity contribution is 5.84. The second-order valence-electron chi connectivity index (χ2n) is 4.66. The highest BCUT2D eigenvalue weighted by atomic mass is 16.5. The maximum atomic E-state index is 6.05. The topological polar surface area (TPSA) is 69.2 Å². The quantitative estimate of drug-likeness (QED) is 0.744. The summed E-state index contributed by atoms with van der Waals surface area (Å²) in [7, 11) is 1.95. The molecule has 1 unspecified atom stereocenters. The second kappa shape index (κ2) is 4.31. The summed E-state index contributed by atoms with van der Waals surface area (Å²) in [5, 5.41) is 7.35. The van der Waals surface area contributed by atoms with Gasteiger partial charge in [-0.25, -0.2) is 5.01 Å². The van der Waals surface area contributed by atoms with Crippen molar-refractivity contribution < 1.29 is 4.74 Å². The van der Waals surface area contributed by atoms with Crippen LogP contribution in [0, 0.1) is 6.92 Å². The van der Waals surface area contributed by atoms with Gasteiger partial charge in [0.2, 0.25) is 0 Å². The number of hydrazine groups is 1. The van der Waals surface area contributed by atoms with Crippen molar-refractivity contribution in [3.8, 4) is 0 Å². The molecule has 1 fully saturated rings. The third-order valence-corrected chi connectivity index (χ3v) is 3.49. The standard InChI is InChI=1S/C12H17N5O/c1-8-9-5-14-6-10(12(9)16(2)15-8)11-7-18-4-3-17(11)13/h5-6,11H,3-4,7,13H2,1-2H3. The first-order valence-electron chi connectivity index (χ1n) is 6.05. The van der Waals surface area contributed by atoms with Crippen LogP contribution < -0.4 is 5.84 Å². The zero-order valence-electron chi connectivity index (χ0n) is 10.6. The molecule has 0 amide bonds. The molecule has 3 rings (SSSR count). The number of rotatable bonds is 1. The maximum Gasteiger partial charge on any atom is 0.0762 e. The predicted octanol–water partition coefficient (Wildman–Crippen LogP) is 0.524. The van der Waals surface area contributed by atoms with Crippen molar-refractivity contribution in [3.63, 3.8) is 0 Å². The molecule has 1 atom stereocenters. The Morgan fingerprint density at radius 1 is 1.44 bits per heavy atom. The Balaban J connectivity index is 2.16. The van der Waals surface area contributed by atoms with Gasteiger partial charge in [0.05, 0.1) is 30.5 Å². The van der Waals surface area contributed by atoms with Crippen LogP contribution in [0.15, 0.2) is 12.4 Å². The van der Waals surface area contributed by atoms with Gasteiger partial charge in [0, 0.05) is 36.9 Å². The fourth-order valence-corrected chi connectivity index (χ4v) is 2.55. The minimum Gasteiger partial charge on any atom is -0.378 e. The van der Waals surface area contributed by atoms with E-state index in [1.807, 2.05) is 36.1 Å². The number of nitrogens with zero attached hydrogens (tertiary/aromatic N) is 4. The van der Waals surface area contributed by atoms with Crippen LogP contribution in [0.4, 0.5) is 0 Å². The molecule has 2 aromatic rings. The first-order valence-corrected chi connectivity index (χ1v) is 6.05. The summed E-state index contributed by atoms with van der Waals surface area (Å²) >= 11 is 0. The minimum atomic E-state index is 0.0461. The van der Waals surface area contributed by atoms with Gasteiger partial charge in [-0.05, 0) is 6.92 Å². The van der Waals surface area contributed by atoms with Gasteiger partial charge in [-0.1, -0.05) is 0 Å². The number of ether oxygens (including phenoxy) is 1. The van der Waals surface area contributed by atoms with Crippen LogP contribution in [0.25, 0.3) is 10.9 Å². The zero-order valence-corrected chi connectivity index (χ0v) is 10.6. The van der Waals surface area contributed by atoms with Crippen molar-refractivity contribution in [2.24, 2.45) is 12.9 Å². The molecule has 2 N–H and O–H groups in total. The molecule has 1 aliphatic rings. The molecule has 0 saturated carbocycles. The summed E-state index contributed by atoms with van der Waals surface area (Å²) in [5.41, 5.74) is 3.16. The molecule has 2 aromatic heterocycles. The average molecular weight is 247 g/mol. The van der Waals surface area contributed by atoms with Crippen LogP contribution in [-0.4, -0.2) is 39.5 Å². The van der Waals surface area contributed by atoms with E-state index in [-0.39, 0.29) is 6.04 Å². The fourth-order valence-electron chi connectivity index (χ4n) is 2.55. The number of hydrogen-bond donors (Lipinski definition) is 1. The van der Waals surface area contributed by atoms with Crippen molar-refractivity contribution in [2.45, 2.75) is 13.0 Å². The van der Waals surface area contributed by atoms with E-state index in [4.69, 9.17) is 10.6 Å². The average Bonchev–Trinajstić information content (AvgIpc) is 2.66. The number of aromatic nitrogens is 3. The van der Waals surface area contributed by atoms with Crippen molar-refractivity contribution in [1.29, 1.82) is 0 Å². The highest BCUT2D eigenvalue weighted by Crippen LogP contribution is 2.28. The van der Waals surface area contributed by atoms with E-state index in [9.17, 15) is 0 Å². The first kappa shape index (κ1) is 11.6. The Hall–Kier alpha value is -1.50. The highest BCUT2D eigenvalue weighted by Gasteiger charge is 2.25. The van der Waals surface area contributed by atoms with Gasteiger partial charge in [0.25, 0.3) is 0 Å². The van der Waals surface area contributed by atoms with Gasteiger partial charge in [0.15, 0.2) is 0 Å². The summed E-state index contributed by atoms with van der Waals surface area (Å²) in [6.45, 7) is 4.01. The zero-order chi connectivity index (χ0) is 12.7. The van der Waals surface area contributed by atoms with Crippen molar-refractivity contribution in [2.75, 3.05) is 19.8 Å². The molecular weight excluding hydrogens is 230 g/mol. The van der Waals surface area contributed by atoms with Crippen LogP contribution >= 0.6 is 0 Å². The summed E-state index contributed by atoms with van der Waals surface area (Å²) < 4.78 is 7.42. The Labute approximate surface area is 105 Å². The monoisotopic (exact) mass is 247 g/mol. The van der Waals surface area contributed by atoms with Crippen LogP contribution in [0.3, 0.4) is 0 Å². The van der Waals surface area contributed by atoms with Gasteiger partial charge in [0.1, 0.15) is 0 Å². The summed E-state index contributed by atoms with van der Waals surface area (Å²) in [4.78, 5) is 4.31. The lowest BCUT2D eigenvalue weighted by atomic mass is 10.1. The van der Waals surface area contributed by atoms with E-state index in [1.54, 1.807) is 0 Å². The molecule has 96 valence electrons. The number of aryl methyl sites for hydroxylation is 2. The van der Waals surface area contributed by atoms with E-state index in [0.29, 0.717) is 13.2 Å². The van der Waals surface area contributed by atoms with Gasteiger partial charge in [-0.15, -0.1) is 0 Å². The number of pyridine rings is 1. The fraction of sp³-hybridized carbons (Fsp3) is 0.500. The molecule has 3 heterocycles. The van der Waals surface area contributed by atoms with Crippen LogP contribution in [0.5, 0.6) is 0 Å². The van der Waals surface area contributed by atoms with Crippen LogP contribution in [-0.2, 0) is 11.8 Å². The smallest absolute Gasteiger partial charge is 0.0762 e. The van der Waals surface area contributed by atoms with Crippen molar-refractivity contribution in [3.05, 3.63) is 23.7 Å². The number of morpholine rings is 1. The molecule has 0 spiro atoms. The van der Waals surface area contributed by atoms with E-state index < -0.39 is 0 Å². The Bertz CT molecular complexity index is 579. The lowest BCUT2D eigenvalue weighted by Crippen LogP contribution is -2.44. The van der Waals surface area contributed by atoms with E-state index in [1.165, 1.54) is 0 Å². The second-order valence-corrected chi connectivity index (χ2v) is 4.66. The first-order chi connectivity index (χ1) is 8.68. The molecule has 18 heavy (non-hydrogen) atoms. The summed E-state index contributed by atoms with van der Waals surface area (Å²) in [6, 6.07) is 0.0461. The molecule has 0 aromatic carbocycles.